The first-order chi connectivity index (χ1) is 17.4. The van der Waals surface area contributed by atoms with Gasteiger partial charge in [-0.15, -0.1) is 0 Å². The van der Waals surface area contributed by atoms with Crippen molar-refractivity contribution in [3.63, 3.8) is 0 Å². The van der Waals surface area contributed by atoms with Crippen LogP contribution in [0.4, 0.5) is 0 Å². The Kier molecular flexibility index (Phi) is 10.8. The van der Waals surface area contributed by atoms with E-state index in [1.54, 1.807) is 12.1 Å². The predicted molar refractivity (Wildman–Crippen MR) is 144 cm³/mol. The summed E-state index contributed by atoms with van der Waals surface area (Å²) < 4.78 is 5.44. The van der Waals surface area contributed by atoms with Crippen molar-refractivity contribution in [3.05, 3.63) is 99.0 Å². The molecule has 36 heavy (non-hydrogen) atoms. The van der Waals surface area contributed by atoms with Crippen molar-refractivity contribution in [2.45, 2.75) is 38.9 Å². The Balaban J connectivity index is 1.62. The average molecular weight is 528 g/mol. The first-order valence-corrected chi connectivity index (χ1v) is 12.6. The minimum absolute atomic E-state index is 0.0246. The molecule has 0 unspecified atom stereocenters. The van der Waals surface area contributed by atoms with Crippen LogP contribution in [-0.2, 0) is 35.5 Å². The van der Waals surface area contributed by atoms with E-state index in [1.807, 2.05) is 61.5 Å². The van der Waals surface area contributed by atoms with Crippen LogP contribution in [0.25, 0.3) is 0 Å². The lowest BCUT2D eigenvalue weighted by Crippen LogP contribution is -2.47. The van der Waals surface area contributed by atoms with E-state index in [4.69, 9.17) is 33.7 Å². The van der Waals surface area contributed by atoms with Gasteiger partial charge in [-0.05, 0) is 59.9 Å². The molecule has 0 aliphatic rings. The Bertz CT molecular complexity index is 1150. The van der Waals surface area contributed by atoms with Gasteiger partial charge in [-0.1, -0.05) is 65.7 Å². The number of rotatable bonds is 13. The number of Topliss-reactive ketones (excluding diaryl/α,β-unsaturated/α-hetero) is 1. The number of ether oxygens (including phenoxy) is 1. The SMILES string of the molecule is CCOc1ccc(CC(=O)CN[C@@H](Cc2ccc(Cl)c(Cl)c2)C(=O)NCc2ccc(CN)cc2)cc1. The summed E-state index contributed by atoms with van der Waals surface area (Å²) in [6.45, 7) is 3.39. The van der Waals surface area contributed by atoms with E-state index >= 15 is 0 Å². The lowest BCUT2D eigenvalue weighted by atomic mass is 10.0. The van der Waals surface area contributed by atoms with Gasteiger partial charge in [-0.25, -0.2) is 0 Å². The molecule has 0 saturated carbocycles. The van der Waals surface area contributed by atoms with E-state index in [9.17, 15) is 9.59 Å². The van der Waals surface area contributed by atoms with Crippen LogP contribution in [0.2, 0.25) is 10.0 Å². The molecule has 3 aromatic carbocycles. The standard InChI is InChI=1S/C28H31Cl2N3O3/c1-2-36-24-10-7-19(8-11-24)13-23(34)18-32-27(15-22-9-12-25(29)26(30)14-22)28(35)33-17-21-5-3-20(16-31)4-6-21/h3-12,14,27,32H,2,13,15-18,31H2,1H3,(H,33,35)/t27-/m0/s1. The summed E-state index contributed by atoms with van der Waals surface area (Å²) in [4.78, 5) is 25.8. The van der Waals surface area contributed by atoms with Crippen molar-refractivity contribution in [3.8, 4) is 5.75 Å². The fourth-order valence-electron chi connectivity index (χ4n) is 3.66. The van der Waals surface area contributed by atoms with E-state index < -0.39 is 6.04 Å². The van der Waals surface area contributed by atoms with Gasteiger partial charge in [0.25, 0.3) is 0 Å². The highest BCUT2D eigenvalue weighted by molar-refractivity contribution is 6.42. The van der Waals surface area contributed by atoms with Crippen LogP contribution in [0.15, 0.2) is 66.7 Å². The van der Waals surface area contributed by atoms with Crippen LogP contribution in [0, 0.1) is 0 Å². The van der Waals surface area contributed by atoms with Gasteiger partial charge in [-0.2, -0.15) is 0 Å². The summed E-state index contributed by atoms with van der Waals surface area (Å²) in [6, 6.07) is 19.8. The highest BCUT2D eigenvalue weighted by Gasteiger charge is 2.20. The molecule has 190 valence electrons. The molecule has 0 saturated heterocycles. The maximum Gasteiger partial charge on any atom is 0.237 e. The van der Waals surface area contributed by atoms with Gasteiger partial charge in [0, 0.05) is 19.5 Å². The third-order valence-electron chi connectivity index (χ3n) is 5.65. The minimum atomic E-state index is -0.630. The van der Waals surface area contributed by atoms with E-state index in [1.165, 1.54) is 0 Å². The second-order valence-electron chi connectivity index (χ2n) is 8.42. The first-order valence-electron chi connectivity index (χ1n) is 11.8. The molecule has 1 amide bonds. The fourth-order valence-corrected chi connectivity index (χ4v) is 3.98. The van der Waals surface area contributed by atoms with E-state index in [-0.39, 0.29) is 24.7 Å². The Morgan fingerprint density at radius 2 is 1.53 bits per heavy atom. The first kappa shape index (κ1) is 27.7. The smallest absolute Gasteiger partial charge is 0.237 e. The second-order valence-corrected chi connectivity index (χ2v) is 9.23. The molecule has 1 atom stereocenters. The molecule has 8 heteroatoms. The Morgan fingerprint density at radius 3 is 2.17 bits per heavy atom. The highest BCUT2D eigenvalue weighted by Crippen LogP contribution is 2.23. The van der Waals surface area contributed by atoms with Crippen molar-refractivity contribution in [2.75, 3.05) is 13.2 Å². The molecule has 0 fully saturated rings. The minimum Gasteiger partial charge on any atom is -0.494 e. The molecule has 4 N–H and O–H groups in total. The number of nitrogens with one attached hydrogen (secondary N) is 2. The summed E-state index contributed by atoms with van der Waals surface area (Å²) in [5, 5.41) is 6.95. The average Bonchev–Trinajstić information content (AvgIpc) is 2.88. The van der Waals surface area contributed by atoms with E-state index in [2.05, 4.69) is 10.6 Å². The zero-order valence-electron chi connectivity index (χ0n) is 20.2. The molecule has 0 spiro atoms. The van der Waals surface area contributed by atoms with Crippen LogP contribution >= 0.6 is 23.2 Å². The van der Waals surface area contributed by atoms with Crippen molar-refractivity contribution in [2.24, 2.45) is 5.73 Å². The van der Waals surface area contributed by atoms with Gasteiger partial charge in [0.2, 0.25) is 5.91 Å². The van der Waals surface area contributed by atoms with E-state index in [0.29, 0.717) is 36.2 Å². The van der Waals surface area contributed by atoms with Crippen molar-refractivity contribution >= 4 is 34.9 Å². The molecule has 0 aromatic heterocycles. The van der Waals surface area contributed by atoms with Crippen LogP contribution in [0.3, 0.4) is 0 Å². The quantitative estimate of drug-likeness (QED) is 0.304. The Labute approximate surface area is 222 Å². The number of hydrogen-bond donors (Lipinski definition) is 3. The summed E-state index contributed by atoms with van der Waals surface area (Å²) in [5.41, 5.74) is 9.36. The molecule has 0 heterocycles. The largest absolute Gasteiger partial charge is 0.494 e. The lowest BCUT2D eigenvalue weighted by molar-refractivity contribution is -0.123. The van der Waals surface area contributed by atoms with Gasteiger partial charge in [0.15, 0.2) is 5.78 Å². The predicted octanol–water partition coefficient (Wildman–Crippen LogP) is 4.48. The maximum atomic E-state index is 13.1. The number of benzene rings is 3. The molecule has 3 rings (SSSR count). The summed E-state index contributed by atoms with van der Waals surface area (Å²) >= 11 is 12.2. The van der Waals surface area contributed by atoms with Crippen molar-refractivity contribution < 1.29 is 14.3 Å². The van der Waals surface area contributed by atoms with E-state index in [0.717, 1.165) is 28.0 Å². The van der Waals surface area contributed by atoms with Gasteiger partial charge < -0.3 is 15.8 Å². The van der Waals surface area contributed by atoms with Crippen LogP contribution < -0.4 is 21.1 Å². The summed E-state index contributed by atoms with van der Waals surface area (Å²) in [5.74, 6) is 0.532. The summed E-state index contributed by atoms with van der Waals surface area (Å²) in [6.07, 6.45) is 0.610. The highest BCUT2D eigenvalue weighted by atomic mass is 35.5. The number of amides is 1. The molecule has 6 nitrogen and oxygen atoms in total. The van der Waals surface area contributed by atoms with Gasteiger partial charge in [-0.3, -0.25) is 14.9 Å². The second kappa shape index (κ2) is 14.0. The Hall–Kier alpha value is -2.90. The monoisotopic (exact) mass is 527 g/mol. The number of nitrogens with two attached hydrogens (primary N) is 1. The van der Waals surface area contributed by atoms with Gasteiger partial charge in [0.1, 0.15) is 5.75 Å². The van der Waals surface area contributed by atoms with Crippen LogP contribution in [0.5, 0.6) is 5.75 Å². The molecular formula is C28H31Cl2N3O3. The third kappa shape index (κ3) is 8.64. The van der Waals surface area contributed by atoms with Crippen molar-refractivity contribution in [1.29, 1.82) is 0 Å². The van der Waals surface area contributed by atoms with Crippen molar-refractivity contribution in [1.82, 2.24) is 10.6 Å². The molecule has 0 aliphatic carbocycles. The molecule has 0 radical (unpaired) electrons. The van der Waals surface area contributed by atoms with Crippen LogP contribution in [0.1, 0.15) is 29.2 Å². The molecule has 0 aliphatic heterocycles. The molecular weight excluding hydrogens is 497 g/mol. The summed E-state index contributed by atoms with van der Waals surface area (Å²) in [7, 11) is 0. The fraction of sp³-hybridized carbons (Fsp3) is 0.286. The van der Waals surface area contributed by atoms with Crippen LogP contribution in [-0.4, -0.2) is 30.9 Å². The Morgan fingerprint density at radius 1 is 0.889 bits per heavy atom. The van der Waals surface area contributed by atoms with Gasteiger partial charge in [0.05, 0.1) is 29.2 Å². The molecule has 3 aromatic rings. The third-order valence-corrected chi connectivity index (χ3v) is 6.39. The molecule has 0 bridgehead atoms. The number of hydrogen-bond acceptors (Lipinski definition) is 5. The van der Waals surface area contributed by atoms with Gasteiger partial charge >= 0.3 is 0 Å². The maximum absolute atomic E-state index is 13.1. The number of ketones is 1. The number of carbonyl (C=O) groups is 2. The number of carbonyl (C=O) groups excluding carboxylic acids is 2. The zero-order valence-corrected chi connectivity index (χ0v) is 21.7. The lowest BCUT2D eigenvalue weighted by Gasteiger charge is -2.19. The topological polar surface area (TPSA) is 93.4 Å². The normalized spacial score (nSPS) is 11.7. The zero-order chi connectivity index (χ0) is 25.9. The number of halogens is 2.